The molecule has 0 N–H and O–H groups in total. The fourth-order valence-corrected chi connectivity index (χ4v) is 5.12. The highest BCUT2D eigenvalue weighted by Gasteiger charge is 2.33. The Morgan fingerprint density at radius 3 is 2.72 bits per heavy atom. The van der Waals surface area contributed by atoms with Gasteiger partial charge in [-0.3, -0.25) is 14.2 Å². The smallest absolute Gasteiger partial charge is 0.264 e. The molecule has 1 amide bonds. The van der Waals surface area contributed by atoms with E-state index in [1.165, 1.54) is 11.3 Å². The maximum Gasteiger partial charge on any atom is 0.264 e. The number of amides is 1. The summed E-state index contributed by atoms with van der Waals surface area (Å²) in [7, 11) is 0. The number of hydrogen-bond acceptors (Lipinski definition) is 5. The van der Waals surface area contributed by atoms with Crippen LogP contribution in [-0.2, 0) is 6.54 Å². The van der Waals surface area contributed by atoms with Crippen molar-refractivity contribution in [3.63, 3.8) is 0 Å². The van der Waals surface area contributed by atoms with Crippen LogP contribution in [0.25, 0.3) is 10.2 Å². The zero-order chi connectivity index (χ0) is 20.5. The third kappa shape index (κ3) is 3.44. The van der Waals surface area contributed by atoms with Crippen LogP contribution >= 0.6 is 11.3 Å². The number of ether oxygens (including phenoxy) is 1. The molecule has 7 heteroatoms. The van der Waals surface area contributed by atoms with Crippen molar-refractivity contribution in [3.05, 3.63) is 57.0 Å². The summed E-state index contributed by atoms with van der Waals surface area (Å²) in [6.07, 6.45) is 3.46. The molecular weight excluding hydrogens is 386 g/mol. The van der Waals surface area contributed by atoms with Gasteiger partial charge in [0, 0.05) is 13.1 Å². The van der Waals surface area contributed by atoms with Crippen LogP contribution in [0.15, 0.2) is 35.4 Å². The van der Waals surface area contributed by atoms with Gasteiger partial charge in [0.2, 0.25) is 0 Å². The topological polar surface area (TPSA) is 64.4 Å². The highest BCUT2D eigenvalue weighted by molar-refractivity contribution is 7.20. The van der Waals surface area contributed by atoms with Crippen molar-refractivity contribution in [1.29, 1.82) is 0 Å². The van der Waals surface area contributed by atoms with Crippen LogP contribution in [0.1, 0.15) is 53.5 Å². The van der Waals surface area contributed by atoms with Crippen molar-refractivity contribution >= 4 is 27.5 Å². The molecule has 1 atom stereocenters. The summed E-state index contributed by atoms with van der Waals surface area (Å²) in [4.78, 5) is 33.7. The molecule has 2 aromatic heterocycles. The Bertz CT molecular complexity index is 1100. The Hall–Kier alpha value is -2.67. The number of rotatable bonds is 5. The molecule has 152 valence electrons. The third-order valence-electron chi connectivity index (χ3n) is 5.54. The lowest BCUT2D eigenvalue weighted by Gasteiger charge is -2.25. The first kappa shape index (κ1) is 19.6. The number of carbonyl (C=O) groups excluding carboxylic acids is 1. The number of nitrogens with zero attached hydrogens (tertiary/aromatic N) is 3. The average molecular weight is 412 g/mol. The third-order valence-corrected chi connectivity index (χ3v) is 6.73. The van der Waals surface area contributed by atoms with Crippen LogP contribution in [0.2, 0.25) is 0 Å². The van der Waals surface area contributed by atoms with E-state index >= 15 is 0 Å². The van der Waals surface area contributed by atoms with Gasteiger partial charge >= 0.3 is 0 Å². The molecule has 1 aliphatic rings. The summed E-state index contributed by atoms with van der Waals surface area (Å²) in [5.41, 5.74) is 1.78. The fraction of sp³-hybridized carbons (Fsp3) is 0.409. The number of aryl methyl sites for hydroxylation is 2. The molecule has 0 aliphatic carbocycles. The van der Waals surface area contributed by atoms with Gasteiger partial charge in [-0.25, -0.2) is 4.98 Å². The Kier molecular flexibility index (Phi) is 5.41. The number of fused-ring (bicyclic) bond motifs is 1. The summed E-state index contributed by atoms with van der Waals surface area (Å²) in [5.74, 6) is 0.829. The molecule has 0 bridgehead atoms. The van der Waals surface area contributed by atoms with Crippen molar-refractivity contribution in [2.24, 2.45) is 0 Å². The van der Waals surface area contributed by atoms with E-state index in [2.05, 4.69) is 4.98 Å². The molecule has 1 fully saturated rings. The second-order valence-corrected chi connectivity index (χ2v) is 8.23. The SMILES string of the molecule is CCOc1ccc([C@H]2CCCN2C(=O)c2sc3ncn(CC)c(=O)c3c2C)cc1. The lowest BCUT2D eigenvalue weighted by atomic mass is 10.0. The van der Waals surface area contributed by atoms with Crippen LogP contribution in [0, 0.1) is 6.92 Å². The monoisotopic (exact) mass is 411 g/mol. The Morgan fingerprint density at radius 2 is 2.03 bits per heavy atom. The number of hydrogen-bond donors (Lipinski definition) is 0. The summed E-state index contributed by atoms with van der Waals surface area (Å²) in [6.45, 7) is 7.64. The molecule has 3 heterocycles. The van der Waals surface area contributed by atoms with Crippen molar-refractivity contribution in [2.75, 3.05) is 13.2 Å². The standard InChI is InChI=1S/C22H25N3O3S/c1-4-24-13-23-20-18(21(24)26)14(3)19(29-20)22(27)25-12-6-7-17(25)15-8-10-16(11-9-15)28-5-2/h8-11,13,17H,4-7,12H2,1-3H3/t17-/m1/s1. The van der Waals surface area contributed by atoms with E-state index in [-0.39, 0.29) is 17.5 Å². The first-order valence-corrected chi connectivity index (χ1v) is 10.9. The molecular formula is C22H25N3O3S. The lowest BCUT2D eigenvalue weighted by Crippen LogP contribution is -2.30. The highest BCUT2D eigenvalue weighted by Crippen LogP contribution is 2.36. The van der Waals surface area contributed by atoms with E-state index in [1.54, 1.807) is 10.9 Å². The molecule has 1 aliphatic heterocycles. The van der Waals surface area contributed by atoms with Gasteiger partial charge in [-0.05, 0) is 56.9 Å². The quantitative estimate of drug-likeness (QED) is 0.632. The molecule has 4 rings (SSSR count). The molecule has 0 unspecified atom stereocenters. The van der Waals surface area contributed by atoms with Crippen molar-refractivity contribution < 1.29 is 9.53 Å². The van der Waals surface area contributed by atoms with Crippen LogP contribution in [0.5, 0.6) is 5.75 Å². The summed E-state index contributed by atoms with van der Waals surface area (Å²) in [5, 5.41) is 0.569. The first-order chi connectivity index (χ1) is 14.0. The average Bonchev–Trinajstić information content (AvgIpc) is 3.34. The second kappa shape index (κ2) is 7.99. The molecule has 6 nitrogen and oxygen atoms in total. The number of likely N-dealkylation sites (tertiary alicyclic amines) is 1. The molecule has 1 saturated heterocycles. The predicted octanol–water partition coefficient (Wildman–Crippen LogP) is 4.16. The Balaban J connectivity index is 1.67. The van der Waals surface area contributed by atoms with Gasteiger partial charge in [0.25, 0.3) is 11.5 Å². The minimum Gasteiger partial charge on any atom is -0.494 e. The van der Waals surface area contributed by atoms with Crippen LogP contribution in [0.4, 0.5) is 0 Å². The van der Waals surface area contributed by atoms with Crippen LogP contribution < -0.4 is 10.3 Å². The summed E-state index contributed by atoms with van der Waals surface area (Å²) in [6, 6.07) is 8.05. The minimum atomic E-state index is -0.0743. The van der Waals surface area contributed by atoms with Gasteiger partial charge in [-0.2, -0.15) is 0 Å². The molecule has 1 aromatic carbocycles. The van der Waals surface area contributed by atoms with Gasteiger partial charge in [0.1, 0.15) is 10.6 Å². The van der Waals surface area contributed by atoms with Crippen molar-refractivity contribution in [3.8, 4) is 5.75 Å². The number of benzene rings is 1. The van der Waals surface area contributed by atoms with Crippen molar-refractivity contribution in [1.82, 2.24) is 14.5 Å². The fourth-order valence-electron chi connectivity index (χ4n) is 4.03. The lowest BCUT2D eigenvalue weighted by molar-refractivity contribution is 0.0740. The summed E-state index contributed by atoms with van der Waals surface area (Å²) < 4.78 is 7.11. The normalized spacial score (nSPS) is 16.5. The molecule has 0 spiro atoms. The first-order valence-electron chi connectivity index (χ1n) is 10.1. The van der Waals surface area contributed by atoms with E-state index in [0.29, 0.717) is 28.2 Å². The predicted molar refractivity (Wildman–Crippen MR) is 115 cm³/mol. The van der Waals surface area contributed by atoms with Gasteiger partial charge < -0.3 is 9.64 Å². The highest BCUT2D eigenvalue weighted by atomic mass is 32.1. The molecule has 0 saturated carbocycles. The van der Waals surface area contributed by atoms with E-state index in [0.717, 1.165) is 36.3 Å². The van der Waals surface area contributed by atoms with Gasteiger partial charge in [0.05, 0.1) is 29.2 Å². The number of aromatic nitrogens is 2. The summed E-state index contributed by atoms with van der Waals surface area (Å²) >= 11 is 1.32. The zero-order valence-electron chi connectivity index (χ0n) is 17.0. The van der Waals surface area contributed by atoms with E-state index in [1.807, 2.05) is 49.9 Å². The van der Waals surface area contributed by atoms with Gasteiger partial charge in [-0.15, -0.1) is 11.3 Å². The van der Waals surface area contributed by atoms with Crippen molar-refractivity contribution in [2.45, 2.75) is 46.2 Å². The largest absolute Gasteiger partial charge is 0.494 e. The number of thiophene rings is 1. The van der Waals surface area contributed by atoms with Crippen LogP contribution in [-0.4, -0.2) is 33.5 Å². The molecule has 0 radical (unpaired) electrons. The van der Waals surface area contributed by atoms with E-state index in [4.69, 9.17) is 4.74 Å². The molecule has 29 heavy (non-hydrogen) atoms. The van der Waals surface area contributed by atoms with E-state index in [9.17, 15) is 9.59 Å². The maximum atomic E-state index is 13.4. The minimum absolute atomic E-state index is 0.00988. The molecule has 3 aromatic rings. The van der Waals surface area contributed by atoms with Gasteiger partial charge in [0.15, 0.2) is 0 Å². The van der Waals surface area contributed by atoms with Gasteiger partial charge in [-0.1, -0.05) is 12.1 Å². The Labute approximate surface area is 173 Å². The maximum absolute atomic E-state index is 13.4. The van der Waals surface area contributed by atoms with E-state index < -0.39 is 0 Å². The second-order valence-electron chi connectivity index (χ2n) is 7.23. The zero-order valence-corrected chi connectivity index (χ0v) is 17.8. The Morgan fingerprint density at radius 1 is 1.28 bits per heavy atom. The number of carbonyl (C=O) groups is 1. The van der Waals surface area contributed by atoms with Crippen LogP contribution in [0.3, 0.4) is 0 Å².